The number of anilines is 3. The molecule has 34 heavy (non-hydrogen) atoms. The second kappa shape index (κ2) is 7.33. The molecule has 1 saturated heterocycles. The quantitative estimate of drug-likeness (QED) is 0.576. The molecule has 0 unspecified atom stereocenters. The second-order valence-corrected chi connectivity index (χ2v) is 9.30. The van der Waals surface area contributed by atoms with Crippen molar-refractivity contribution in [3.8, 4) is 0 Å². The predicted molar refractivity (Wildman–Crippen MR) is 128 cm³/mol. The number of hydrogen-bond donors (Lipinski definition) is 2. The normalized spacial score (nSPS) is 22.8. The molecule has 8 heteroatoms. The van der Waals surface area contributed by atoms with Crippen molar-refractivity contribution in [3.05, 3.63) is 88.4 Å². The van der Waals surface area contributed by atoms with E-state index in [0.717, 1.165) is 16.8 Å². The van der Waals surface area contributed by atoms with Gasteiger partial charge in [-0.25, -0.2) is 9.59 Å². The molecular formula is C26H20ClN3O4. The third-order valence-corrected chi connectivity index (χ3v) is 7.27. The van der Waals surface area contributed by atoms with Gasteiger partial charge >= 0.3 is 12.0 Å². The smallest absolute Gasteiger partial charge is 0.335 e. The van der Waals surface area contributed by atoms with Gasteiger partial charge in [0.05, 0.1) is 22.4 Å². The molecule has 170 valence electrons. The number of halogens is 1. The molecule has 2 N–H and O–H groups in total. The Labute approximate surface area is 200 Å². The van der Waals surface area contributed by atoms with Crippen molar-refractivity contribution in [2.45, 2.75) is 17.8 Å². The molecule has 0 bridgehead atoms. The van der Waals surface area contributed by atoms with Crippen molar-refractivity contribution in [1.82, 2.24) is 5.32 Å². The summed E-state index contributed by atoms with van der Waals surface area (Å²) < 4.78 is 0. The van der Waals surface area contributed by atoms with Gasteiger partial charge in [0.15, 0.2) is 0 Å². The number of fused-ring (bicyclic) bond motifs is 2. The lowest BCUT2D eigenvalue weighted by Gasteiger charge is -2.22. The number of urea groups is 1. The molecule has 3 aliphatic rings. The summed E-state index contributed by atoms with van der Waals surface area (Å²) in [7, 11) is 0. The van der Waals surface area contributed by atoms with Crippen molar-refractivity contribution >= 4 is 46.6 Å². The number of amides is 3. The number of aromatic carboxylic acids is 1. The van der Waals surface area contributed by atoms with Crippen molar-refractivity contribution in [2.24, 2.45) is 0 Å². The molecule has 6 rings (SSSR count). The molecule has 7 nitrogen and oxygen atoms in total. The molecule has 2 aliphatic heterocycles. The van der Waals surface area contributed by atoms with Crippen molar-refractivity contribution in [1.29, 1.82) is 0 Å². The fourth-order valence-electron chi connectivity index (χ4n) is 5.34. The number of benzene rings is 3. The summed E-state index contributed by atoms with van der Waals surface area (Å²) in [4.78, 5) is 41.3. The van der Waals surface area contributed by atoms with Gasteiger partial charge in [-0.15, -0.1) is 0 Å². The van der Waals surface area contributed by atoms with E-state index in [1.54, 1.807) is 11.0 Å². The SMILES string of the molecule is O=C(O)c1cc(N2CCNC2=O)cc(N2C(=O)[C@@]3(C[C@@H]3c3ccc(Cl)cc3)c3ccccc32)c1. The fraction of sp³-hybridized carbons (Fsp3) is 0.192. The van der Waals surface area contributed by atoms with E-state index in [1.165, 1.54) is 17.0 Å². The van der Waals surface area contributed by atoms with E-state index in [4.69, 9.17) is 11.6 Å². The van der Waals surface area contributed by atoms with E-state index in [1.807, 2.05) is 48.5 Å². The van der Waals surface area contributed by atoms with Crippen LogP contribution in [0.3, 0.4) is 0 Å². The summed E-state index contributed by atoms with van der Waals surface area (Å²) >= 11 is 6.06. The Bertz CT molecular complexity index is 1370. The highest BCUT2D eigenvalue weighted by atomic mass is 35.5. The Morgan fingerprint density at radius 1 is 1.03 bits per heavy atom. The maximum absolute atomic E-state index is 14.0. The third kappa shape index (κ3) is 2.93. The minimum atomic E-state index is -1.12. The number of carbonyl (C=O) groups excluding carboxylic acids is 2. The van der Waals surface area contributed by atoms with Crippen molar-refractivity contribution < 1.29 is 19.5 Å². The number of hydrogen-bond acceptors (Lipinski definition) is 3. The molecule has 0 aromatic heterocycles. The van der Waals surface area contributed by atoms with Gasteiger partial charge in [0.25, 0.3) is 0 Å². The van der Waals surface area contributed by atoms with Crippen LogP contribution in [0.15, 0.2) is 66.7 Å². The Morgan fingerprint density at radius 2 is 1.76 bits per heavy atom. The number of nitrogens with one attached hydrogen (secondary N) is 1. The van der Waals surface area contributed by atoms with E-state index in [-0.39, 0.29) is 23.4 Å². The number of nitrogens with zero attached hydrogens (tertiary/aromatic N) is 2. The van der Waals surface area contributed by atoms with E-state index in [9.17, 15) is 19.5 Å². The lowest BCUT2D eigenvalue weighted by Crippen LogP contribution is -2.30. The fourth-order valence-corrected chi connectivity index (χ4v) is 5.47. The monoisotopic (exact) mass is 473 g/mol. The van der Waals surface area contributed by atoms with Gasteiger partial charge in [-0.2, -0.15) is 0 Å². The average Bonchev–Trinajstić information content (AvgIpc) is 3.36. The highest BCUT2D eigenvalue weighted by Gasteiger charge is 2.67. The molecule has 1 saturated carbocycles. The summed E-state index contributed by atoms with van der Waals surface area (Å²) in [6.45, 7) is 0.900. The molecule has 1 spiro atoms. The zero-order valence-electron chi connectivity index (χ0n) is 18.0. The molecule has 0 radical (unpaired) electrons. The van der Waals surface area contributed by atoms with Crippen molar-refractivity contribution in [3.63, 3.8) is 0 Å². The number of carboxylic acid groups (broad SMARTS) is 1. The highest BCUT2D eigenvalue weighted by Crippen LogP contribution is 2.67. The minimum Gasteiger partial charge on any atom is -0.478 e. The van der Waals surface area contributed by atoms with Crippen LogP contribution < -0.4 is 15.1 Å². The maximum Gasteiger partial charge on any atom is 0.335 e. The lowest BCUT2D eigenvalue weighted by atomic mass is 9.92. The van der Waals surface area contributed by atoms with Crippen LogP contribution in [-0.4, -0.2) is 36.1 Å². The first-order valence-corrected chi connectivity index (χ1v) is 11.4. The van der Waals surface area contributed by atoms with Gasteiger partial charge in [-0.1, -0.05) is 41.9 Å². The summed E-state index contributed by atoms with van der Waals surface area (Å²) in [6.07, 6.45) is 0.668. The number of para-hydroxylation sites is 1. The molecule has 3 aromatic rings. The Hall–Kier alpha value is -3.84. The number of carbonyl (C=O) groups is 3. The molecule has 2 atom stereocenters. The van der Waals surface area contributed by atoms with E-state index >= 15 is 0 Å². The summed E-state index contributed by atoms with van der Waals surface area (Å²) in [6, 6.07) is 19.6. The van der Waals surface area contributed by atoms with E-state index < -0.39 is 11.4 Å². The van der Waals surface area contributed by atoms with Crippen LogP contribution in [-0.2, 0) is 10.2 Å². The highest BCUT2D eigenvalue weighted by molar-refractivity contribution is 6.30. The van der Waals surface area contributed by atoms with Crippen molar-refractivity contribution in [2.75, 3.05) is 22.9 Å². The van der Waals surface area contributed by atoms with Crippen LogP contribution in [0.4, 0.5) is 21.9 Å². The second-order valence-electron chi connectivity index (χ2n) is 8.86. The van der Waals surface area contributed by atoms with Gasteiger partial charge in [0, 0.05) is 29.7 Å². The molecule has 3 aromatic carbocycles. The summed E-state index contributed by atoms with van der Waals surface area (Å²) in [5.74, 6) is -1.20. The van der Waals surface area contributed by atoms with E-state index in [0.29, 0.717) is 35.9 Å². The molecule has 2 fully saturated rings. The first-order valence-electron chi connectivity index (χ1n) is 11.0. The maximum atomic E-state index is 14.0. The van der Waals surface area contributed by atoms with Crippen LogP contribution in [0.25, 0.3) is 0 Å². The third-order valence-electron chi connectivity index (χ3n) is 7.02. The lowest BCUT2D eigenvalue weighted by molar-refractivity contribution is -0.119. The van der Waals surface area contributed by atoms with E-state index in [2.05, 4.69) is 5.32 Å². The zero-order valence-corrected chi connectivity index (χ0v) is 18.7. The van der Waals surface area contributed by atoms with Gasteiger partial charge in [-0.05, 0) is 53.9 Å². The number of rotatable bonds is 4. The molecule has 3 amide bonds. The standard InChI is InChI=1S/C26H20ClN3O4/c27-17-7-5-15(6-8-17)21-14-26(21)20-3-1-2-4-22(20)30(24(26)33)19-12-16(23(31)32)11-18(13-19)29-10-9-28-25(29)34/h1-8,11-13,21H,9-10,14H2,(H,28,34)(H,31,32)/t21-,26+/m1/s1. The zero-order chi connectivity index (χ0) is 23.6. The molecular weight excluding hydrogens is 454 g/mol. The Morgan fingerprint density at radius 3 is 2.47 bits per heavy atom. The van der Waals surface area contributed by atoms with Gasteiger partial charge in [0.2, 0.25) is 5.91 Å². The number of carboxylic acids is 1. The van der Waals surface area contributed by atoms with Crippen LogP contribution in [0.2, 0.25) is 5.02 Å². The Kier molecular flexibility index (Phi) is 4.47. The van der Waals surface area contributed by atoms with Crippen LogP contribution in [0.5, 0.6) is 0 Å². The first kappa shape index (κ1) is 20.7. The largest absolute Gasteiger partial charge is 0.478 e. The summed E-state index contributed by atoms with van der Waals surface area (Å²) in [5, 5.41) is 13.1. The van der Waals surface area contributed by atoms with Crippen LogP contribution >= 0.6 is 11.6 Å². The average molecular weight is 474 g/mol. The van der Waals surface area contributed by atoms with Crippen LogP contribution in [0, 0.1) is 0 Å². The first-order chi connectivity index (χ1) is 16.4. The van der Waals surface area contributed by atoms with Gasteiger partial charge in [-0.3, -0.25) is 14.6 Å². The molecule has 1 aliphatic carbocycles. The summed E-state index contributed by atoms with van der Waals surface area (Å²) in [5.41, 5.74) is 2.91. The topological polar surface area (TPSA) is 89.9 Å². The predicted octanol–water partition coefficient (Wildman–Crippen LogP) is 4.67. The Balaban J connectivity index is 1.47. The molecule has 2 heterocycles. The minimum absolute atomic E-state index is 0.00917. The van der Waals surface area contributed by atoms with Gasteiger partial charge in [0.1, 0.15) is 0 Å². The van der Waals surface area contributed by atoms with Crippen LogP contribution in [0.1, 0.15) is 33.8 Å². The van der Waals surface area contributed by atoms with Gasteiger partial charge < -0.3 is 10.4 Å².